The number of nitrogens with one attached hydrogen (secondary N) is 1. The van der Waals surface area contributed by atoms with E-state index in [0.717, 1.165) is 12.1 Å². The van der Waals surface area contributed by atoms with Crippen molar-refractivity contribution in [2.75, 3.05) is 6.54 Å². The molecule has 0 saturated heterocycles. The molecule has 0 radical (unpaired) electrons. The second kappa shape index (κ2) is 7.14. The minimum absolute atomic E-state index is 0.204. The molecule has 0 amide bonds. The average molecular weight is 335 g/mol. The topological polar surface area (TPSA) is 41.5 Å². The lowest BCUT2D eigenvalue weighted by Gasteiger charge is -2.18. The first-order valence-electron chi connectivity index (χ1n) is 5.92. The van der Waals surface area contributed by atoms with E-state index in [1.807, 2.05) is 0 Å². The first kappa shape index (κ1) is 18.5. The smallest absolute Gasteiger partial charge is 0.428 e. The first-order valence-corrected chi connectivity index (χ1v) is 5.92. The second-order valence-electron chi connectivity index (χ2n) is 4.30. The maximum Gasteiger partial charge on any atom is 0.461 e. The monoisotopic (exact) mass is 335 g/mol. The van der Waals surface area contributed by atoms with E-state index in [4.69, 9.17) is 5.11 Å². The summed E-state index contributed by atoms with van der Waals surface area (Å²) < 4.78 is 89.3. The zero-order valence-electron chi connectivity index (χ0n) is 10.9. The molecular weight excluding hydrogens is 323 g/mol. The molecule has 0 spiro atoms. The Morgan fingerprint density at radius 3 is 2.32 bits per heavy atom. The van der Waals surface area contributed by atoms with Gasteiger partial charge in [-0.3, -0.25) is 0 Å². The van der Waals surface area contributed by atoms with Crippen LogP contribution in [0.2, 0.25) is 0 Å². The number of hydrogen-bond acceptors (Lipinski definition) is 3. The van der Waals surface area contributed by atoms with Crippen LogP contribution in [0.5, 0.6) is 5.75 Å². The number of aliphatic hydroxyl groups excluding tert-OH is 1. The summed E-state index contributed by atoms with van der Waals surface area (Å²) in [5.41, 5.74) is 0.219. The van der Waals surface area contributed by atoms with Crippen LogP contribution in [0, 0.1) is 0 Å². The summed E-state index contributed by atoms with van der Waals surface area (Å²) in [6.07, 6.45) is -16.0. The summed E-state index contributed by atoms with van der Waals surface area (Å²) in [6, 6.07) is 4.56. The van der Waals surface area contributed by atoms with E-state index in [-0.39, 0.29) is 12.1 Å². The van der Waals surface area contributed by atoms with Gasteiger partial charge in [0, 0.05) is 13.1 Å². The van der Waals surface area contributed by atoms with Gasteiger partial charge in [-0.15, -0.1) is 0 Å². The normalized spacial score (nSPS) is 14.2. The molecule has 2 N–H and O–H groups in total. The van der Waals surface area contributed by atoms with Crippen LogP contribution < -0.4 is 10.1 Å². The molecular formula is C12H12F7NO2. The van der Waals surface area contributed by atoms with E-state index >= 15 is 0 Å². The number of aliphatic hydroxyl groups is 1. The molecule has 1 rings (SSSR count). The van der Waals surface area contributed by atoms with Crippen molar-refractivity contribution in [1.82, 2.24) is 5.32 Å². The molecule has 0 aromatic heterocycles. The largest absolute Gasteiger partial charge is 0.461 e. The van der Waals surface area contributed by atoms with Crippen molar-refractivity contribution >= 4 is 0 Å². The molecule has 0 bridgehead atoms. The van der Waals surface area contributed by atoms with E-state index in [2.05, 4.69) is 10.1 Å². The van der Waals surface area contributed by atoms with Gasteiger partial charge >= 0.3 is 18.7 Å². The second-order valence-corrected chi connectivity index (χ2v) is 4.30. The average Bonchev–Trinajstić information content (AvgIpc) is 2.37. The van der Waals surface area contributed by atoms with Crippen LogP contribution in [0.25, 0.3) is 0 Å². The summed E-state index contributed by atoms with van der Waals surface area (Å²) in [5, 5.41) is 11.0. The van der Waals surface area contributed by atoms with Gasteiger partial charge in [0.1, 0.15) is 5.75 Å². The fraction of sp³-hybridized carbons (Fsp3) is 0.500. The lowest BCUT2D eigenvalue weighted by atomic mass is 10.2. The lowest BCUT2D eigenvalue weighted by molar-refractivity contribution is -0.253. The number of ether oxygens (including phenoxy) is 1. The molecule has 0 fully saturated rings. The van der Waals surface area contributed by atoms with Crippen LogP contribution in [0.1, 0.15) is 5.56 Å². The van der Waals surface area contributed by atoms with Crippen LogP contribution in [0.3, 0.4) is 0 Å². The Hall–Kier alpha value is -1.55. The number of rotatable bonds is 7. The highest BCUT2D eigenvalue weighted by molar-refractivity contribution is 5.28. The van der Waals surface area contributed by atoms with Crippen LogP contribution in [0.4, 0.5) is 30.7 Å². The van der Waals surface area contributed by atoms with E-state index < -0.39 is 37.1 Å². The number of alkyl halides is 7. The number of halogens is 7. The van der Waals surface area contributed by atoms with Crippen LogP contribution in [-0.4, -0.2) is 36.5 Å². The van der Waals surface area contributed by atoms with E-state index in [9.17, 15) is 30.7 Å². The highest BCUT2D eigenvalue weighted by Crippen LogP contribution is 2.27. The summed E-state index contributed by atoms with van der Waals surface area (Å²) in [5.74, 6) is -0.555. The zero-order valence-corrected chi connectivity index (χ0v) is 10.9. The lowest BCUT2D eigenvalue weighted by Crippen LogP contribution is -2.38. The molecule has 0 aliphatic rings. The van der Waals surface area contributed by atoms with Crippen molar-refractivity contribution in [2.45, 2.75) is 31.4 Å². The molecule has 22 heavy (non-hydrogen) atoms. The van der Waals surface area contributed by atoms with Gasteiger partial charge in [-0.1, -0.05) is 12.1 Å². The van der Waals surface area contributed by atoms with Gasteiger partial charge in [0.15, 0.2) is 6.10 Å². The molecule has 0 aliphatic carbocycles. The first-order chi connectivity index (χ1) is 10.0. The Morgan fingerprint density at radius 1 is 1.14 bits per heavy atom. The number of benzene rings is 1. The van der Waals surface area contributed by atoms with Crippen molar-refractivity contribution < 1.29 is 40.6 Å². The van der Waals surface area contributed by atoms with Crippen LogP contribution in [-0.2, 0) is 6.54 Å². The van der Waals surface area contributed by atoms with Crippen molar-refractivity contribution in [3.8, 4) is 5.75 Å². The quantitative estimate of drug-likeness (QED) is 0.753. The maximum atomic E-state index is 12.7. The SMILES string of the molecule is OC(CNCc1cccc(OC(F)(F)C(F)F)c1)C(F)(F)F. The standard InChI is InChI=1S/C12H12F7NO2/c13-10(14)12(18,19)22-8-3-1-2-7(4-8)5-20-6-9(21)11(15,16)17/h1-4,9-10,20-21H,5-6H2. The van der Waals surface area contributed by atoms with Gasteiger partial charge in [0.05, 0.1) is 0 Å². The van der Waals surface area contributed by atoms with Gasteiger partial charge < -0.3 is 15.2 Å². The Labute approximate surface area is 120 Å². The Morgan fingerprint density at radius 2 is 1.77 bits per heavy atom. The highest BCUT2D eigenvalue weighted by atomic mass is 19.4. The summed E-state index contributed by atoms with van der Waals surface area (Å²) in [7, 11) is 0. The minimum atomic E-state index is -4.78. The predicted molar refractivity (Wildman–Crippen MR) is 61.8 cm³/mol. The molecule has 0 heterocycles. The van der Waals surface area contributed by atoms with Gasteiger partial charge in [-0.25, -0.2) is 0 Å². The van der Waals surface area contributed by atoms with E-state index in [0.29, 0.717) is 0 Å². The van der Waals surface area contributed by atoms with Crippen LogP contribution in [0.15, 0.2) is 24.3 Å². The summed E-state index contributed by atoms with van der Waals surface area (Å²) >= 11 is 0. The Bertz CT molecular complexity index is 479. The third-order valence-corrected chi connectivity index (χ3v) is 2.45. The summed E-state index contributed by atoms with van der Waals surface area (Å²) in [6.45, 7) is -1.01. The molecule has 10 heteroatoms. The molecule has 0 saturated carbocycles. The van der Waals surface area contributed by atoms with E-state index in [1.165, 1.54) is 12.1 Å². The van der Waals surface area contributed by atoms with Gasteiger partial charge in [0.2, 0.25) is 0 Å². The van der Waals surface area contributed by atoms with Crippen molar-refractivity contribution in [2.24, 2.45) is 0 Å². The van der Waals surface area contributed by atoms with Crippen molar-refractivity contribution in [3.63, 3.8) is 0 Å². The van der Waals surface area contributed by atoms with Gasteiger partial charge in [-0.2, -0.15) is 30.7 Å². The molecule has 1 aromatic carbocycles. The maximum absolute atomic E-state index is 12.7. The zero-order chi connectivity index (χ0) is 17.0. The Kier molecular flexibility index (Phi) is 6.00. The fourth-order valence-electron chi connectivity index (χ4n) is 1.39. The molecule has 1 aromatic rings. The third-order valence-electron chi connectivity index (χ3n) is 2.45. The van der Waals surface area contributed by atoms with Gasteiger partial charge in [-0.05, 0) is 17.7 Å². The predicted octanol–water partition coefficient (Wildman–Crippen LogP) is 2.94. The molecule has 1 unspecified atom stereocenters. The highest BCUT2D eigenvalue weighted by Gasteiger charge is 2.44. The van der Waals surface area contributed by atoms with Crippen molar-refractivity contribution in [3.05, 3.63) is 29.8 Å². The van der Waals surface area contributed by atoms with Gasteiger partial charge in [0.25, 0.3) is 0 Å². The third kappa shape index (κ3) is 5.68. The summed E-state index contributed by atoms with van der Waals surface area (Å²) in [4.78, 5) is 0. The Balaban J connectivity index is 2.58. The number of hydrogen-bond donors (Lipinski definition) is 2. The fourth-order valence-corrected chi connectivity index (χ4v) is 1.39. The van der Waals surface area contributed by atoms with E-state index in [1.54, 1.807) is 0 Å². The minimum Gasteiger partial charge on any atom is -0.428 e. The molecule has 1 atom stereocenters. The molecule has 3 nitrogen and oxygen atoms in total. The molecule has 126 valence electrons. The molecule has 0 aliphatic heterocycles. The van der Waals surface area contributed by atoms with Crippen molar-refractivity contribution in [1.29, 1.82) is 0 Å². The van der Waals surface area contributed by atoms with Crippen LogP contribution >= 0.6 is 0 Å².